The molecule has 0 radical (unpaired) electrons. The zero-order valence-corrected chi connectivity index (χ0v) is 33.3. The van der Waals surface area contributed by atoms with Gasteiger partial charge in [-0.25, -0.2) is 4.85 Å². The third-order valence-corrected chi connectivity index (χ3v) is 9.43. The Bertz CT molecular complexity index is 2260. The van der Waals surface area contributed by atoms with Crippen molar-refractivity contribution in [3.05, 3.63) is 167 Å². The Morgan fingerprint density at radius 3 is 1.07 bits per heavy atom. The molecular weight excluding hydrogens is 794 g/mol. The molecule has 6 aromatic rings. The van der Waals surface area contributed by atoms with Crippen LogP contribution in [0, 0.1) is 6.57 Å². The molecule has 3 aliphatic rings. The van der Waals surface area contributed by atoms with Crippen molar-refractivity contribution >= 4 is 43.4 Å². The normalized spacial score (nSPS) is 12.8. The maximum atomic E-state index is 9.55. The smallest absolute Gasteiger partial charge is 0.491 e. The highest BCUT2D eigenvalue weighted by Crippen LogP contribution is 2.27. The van der Waals surface area contributed by atoms with Crippen LogP contribution in [0.15, 0.2) is 127 Å². The second-order valence-electron chi connectivity index (χ2n) is 13.3. The Labute approximate surface area is 358 Å². The van der Waals surface area contributed by atoms with Gasteiger partial charge < -0.3 is 79.5 Å². The first-order chi connectivity index (χ1) is 27.8. The molecule has 0 atom stereocenters. The third kappa shape index (κ3) is 11.4. The predicted molar refractivity (Wildman–Crippen MR) is 220 cm³/mol. The molecule has 12 nitrogen and oxygen atoms in total. The van der Waals surface area contributed by atoms with Crippen molar-refractivity contribution < 1.29 is 82.4 Å². The number of hydrogen-bond donors (Lipinski definition) is 5. The standard InChI is InChI=1S/C14H10BNO3.2C14H14BNO3.2ClH.2H2/c1-16-11-2-4-12(5-3-11)19-13-6-7-14-10(8-13)9-18-15(14)17;2*16-8-10-1-3-12(4-2-10)19-13-5-6-14-11(7-13)9-18-15(14)17;;;;/h2-8,17H,9H2;2*1-7,17H,8-9,16H2;4*1H. The molecule has 3 aliphatic heterocycles. The molecule has 0 saturated heterocycles. The first-order valence-electron chi connectivity index (χ1n) is 18.3. The number of hydrogen-bond acceptors (Lipinski definition) is 9. The molecule has 3 heterocycles. The van der Waals surface area contributed by atoms with Crippen LogP contribution < -0.4 is 66.9 Å². The Hall–Kier alpha value is -5.34. The number of fused-ring (bicyclic) bond motifs is 3. The van der Waals surface area contributed by atoms with Crippen LogP contribution >= 0.6 is 0 Å². The van der Waals surface area contributed by atoms with Crippen LogP contribution in [-0.4, -0.2) is 36.4 Å². The summed E-state index contributed by atoms with van der Waals surface area (Å²) in [4.78, 5) is 3.32. The van der Waals surface area contributed by atoms with Gasteiger partial charge in [0.15, 0.2) is 5.69 Å². The molecule has 0 fully saturated rings. The van der Waals surface area contributed by atoms with E-state index in [9.17, 15) is 15.1 Å². The van der Waals surface area contributed by atoms with Crippen LogP contribution in [-0.2, 0) is 46.9 Å². The van der Waals surface area contributed by atoms with Gasteiger partial charge in [-0.15, -0.1) is 0 Å². The van der Waals surface area contributed by atoms with Gasteiger partial charge in [0.05, 0.1) is 39.5 Å². The average molecular weight is 838 g/mol. The molecule has 59 heavy (non-hydrogen) atoms. The number of rotatable bonds is 8. The zero-order valence-electron chi connectivity index (χ0n) is 31.8. The van der Waals surface area contributed by atoms with Crippen molar-refractivity contribution in [2.75, 3.05) is 0 Å². The summed E-state index contributed by atoms with van der Waals surface area (Å²) < 4.78 is 32.7. The average Bonchev–Trinajstić information content (AvgIpc) is 3.94. The zero-order chi connectivity index (χ0) is 39.7. The van der Waals surface area contributed by atoms with Crippen molar-refractivity contribution in [1.82, 2.24) is 0 Å². The molecule has 9 N–H and O–H groups in total. The quantitative estimate of drug-likeness (QED) is 0.0830. The fourth-order valence-electron chi connectivity index (χ4n) is 6.26. The summed E-state index contributed by atoms with van der Waals surface area (Å²) in [7, 11) is -2.44. The van der Waals surface area contributed by atoms with Crippen LogP contribution in [0.5, 0.6) is 34.5 Å². The number of quaternary nitrogens is 2. The van der Waals surface area contributed by atoms with Crippen molar-refractivity contribution in [1.29, 1.82) is 0 Å². The number of nitrogens with zero attached hydrogens (tertiary/aromatic N) is 1. The molecule has 9 rings (SSSR count). The van der Waals surface area contributed by atoms with Gasteiger partial charge in [0.1, 0.15) is 34.5 Å². The van der Waals surface area contributed by atoms with Gasteiger partial charge in [-0.3, -0.25) is 0 Å². The van der Waals surface area contributed by atoms with E-state index in [1.807, 2.05) is 91.0 Å². The Morgan fingerprint density at radius 1 is 0.492 bits per heavy atom. The molecule has 6 aromatic carbocycles. The van der Waals surface area contributed by atoms with Gasteiger partial charge in [0.2, 0.25) is 0 Å². The summed E-state index contributed by atoms with van der Waals surface area (Å²) in [6.45, 7) is 9.67. The summed E-state index contributed by atoms with van der Waals surface area (Å²) in [5.74, 6) is 4.43. The fraction of sp³-hybridized carbons (Fsp3) is 0.119. The predicted octanol–water partition coefficient (Wildman–Crippen LogP) is -2.38. The van der Waals surface area contributed by atoms with E-state index < -0.39 is 21.4 Å². The monoisotopic (exact) mass is 837 g/mol. The van der Waals surface area contributed by atoms with E-state index in [0.717, 1.165) is 69.2 Å². The topological polar surface area (TPSA) is 176 Å². The molecule has 0 unspecified atom stereocenters. The minimum absolute atomic E-state index is 0. The molecule has 0 aliphatic carbocycles. The van der Waals surface area contributed by atoms with Gasteiger partial charge in [-0.2, -0.15) is 0 Å². The van der Waals surface area contributed by atoms with Crippen molar-refractivity contribution in [2.24, 2.45) is 0 Å². The maximum Gasteiger partial charge on any atom is 0.491 e. The maximum absolute atomic E-state index is 9.55. The highest BCUT2D eigenvalue weighted by Gasteiger charge is 2.29. The highest BCUT2D eigenvalue weighted by atomic mass is 35.5. The van der Waals surface area contributed by atoms with E-state index in [1.54, 1.807) is 36.4 Å². The van der Waals surface area contributed by atoms with Crippen LogP contribution in [0.1, 0.15) is 30.7 Å². The molecule has 0 amide bonds. The van der Waals surface area contributed by atoms with Crippen molar-refractivity contribution in [2.45, 2.75) is 32.9 Å². The second kappa shape index (κ2) is 21.1. The lowest BCUT2D eigenvalue weighted by Crippen LogP contribution is -3.00. The molecule has 0 bridgehead atoms. The van der Waals surface area contributed by atoms with E-state index in [0.29, 0.717) is 37.0 Å². The number of ether oxygens (including phenoxy) is 3. The van der Waals surface area contributed by atoms with E-state index in [2.05, 4.69) is 16.3 Å². The van der Waals surface area contributed by atoms with Crippen LogP contribution in [0.2, 0.25) is 0 Å². The number of benzene rings is 6. The first-order valence-corrected chi connectivity index (χ1v) is 18.3. The van der Waals surface area contributed by atoms with Crippen molar-refractivity contribution in [3.63, 3.8) is 0 Å². The van der Waals surface area contributed by atoms with E-state index in [1.165, 1.54) is 11.1 Å². The van der Waals surface area contributed by atoms with Gasteiger partial charge in [-0.05, 0) is 130 Å². The molecular formula is C42H44B3Cl2N3O9. The fourth-order valence-corrected chi connectivity index (χ4v) is 6.26. The van der Waals surface area contributed by atoms with Gasteiger partial charge in [0, 0.05) is 14.0 Å². The summed E-state index contributed by atoms with van der Waals surface area (Å²) >= 11 is 0. The van der Waals surface area contributed by atoms with Crippen LogP contribution in [0.25, 0.3) is 4.85 Å². The number of halogens is 2. The lowest BCUT2D eigenvalue weighted by molar-refractivity contribution is -0.386. The SMILES string of the molecule is [C-]#[N+]c1ccc(Oc2ccc3c(c2)COB3O)cc1.[Cl-].[Cl-].[HH].[HH].[NH3+]Cc1ccc(Oc2ccc3c(c2)COB3O)cc1.[NH3+]Cc1ccc(Oc2ccc3c(c2)COB3O)cc1. The van der Waals surface area contributed by atoms with Gasteiger partial charge in [0.25, 0.3) is 0 Å². The highest BCUT2D eigenvalue weighted by molar-refractivity contribution is 6.62. The molecule has 304 valence electrons. The van der Waals surface area contributed by atoms with Gasteiger partial charge >= 0.3 is 21.4 Å². The first kappa shape index (κ1) is 44.8. The summed E-state index contributed by atoms with van der Waals surface area (Å²) in [6.07, 6.45) is 0. The molecule has 0 saturated carbocycles. The minimum atomic E-state index is -0.831. The third-order valence-electron chi connectivity index (χ3n) is 9.43. The molecule has 0 spiro atoms. The second-order valence-corrected chi connectivity index (χ2v) is 13.3. The lowest BCUT2D eigenvalue weighted by Gasteiger charge is -2.07. The summed E-state index contributed by atoms with van der Waals surface area (Å²) in [5.41, 5.74) is 15.9. The molecule has 0 aromatic heterocycles. The van der Waals surface area contributed by atoms with Crippen LogP contribution in [0.4, 0.5) is 5.69 Å². The van der Waals surface area contributed by atoms with E-state index in [4.69, 9.17) is 34.7 Å². The van der Waals surface area contributed by atoms with Crippen molar-refractivity contribution in [3.8, 4) is 34.5 Å². The largest absolute Gasteiger partial charge is 1.00 e. The van der Waals surface area contributed by atoms with Gasteiger partial charge in [-0.1, -0.05) is 30.3 Å². The Morgan fingerprint density at radius 2 is 0.780 bits per heavy atom. The van der Waals surface area contributed by atoms with Crippen LogP contribution in [0.3, 0.4) is 0 Å². The minimum Gasteiger partial charge on any atom is -1.00 e. The summed E-state index contributed by atoms with van der Waals surface area (Å²) in [5, 5.41) is 28.6. The molecule has 17 heteroatoms. The van der Waals surface area contributed by atoms with E-state index >= 15 is 0 Å². The van der Waals surface area contributed by atoms with E-state index in [-0.39, 0.29) is 27.7 Å². The Kier molecular flexibility index (Phi) is 16.0. The Balaban J connectivity index is 0.000000236. The lowest BCUT2D eigenvalue weighted by atomic mass is 9.80. The summed E-state index contributed by atoms with van der Waals surface area (Å²) in [6, 6.07) is 39.3.